The Morgan fingerprint density at radius 1 is 1.45 bits per heavy atom. The third kappa shape index (κ3) is 2.83. The van der Waals surface area contributed by atoms with Crippen LogP contribution in [0.4, 0.5) is 11.4 Å². The smallest absolute Gasteiger partial charge is 0.250 e. The number of nitrogens with zero attached hydrogens (tertiary/aromatic N) is 1. The monoisotopic (exact) mass is 317 g/mol. The number of anilines is 2. The van der Waals surface area contributed by atoms with Crippen molar-refractivity contribution in [3.05, 3.63) is 22.7 Å². The average molecular weight is 318 g/mol. The maximum Gasteiger partial charge on any atom is 0.250 e. The molecule has 0 aromatic heterocycles. The number of primary amides is 1. The lowest BCUT2D eigenvalue weighted by Crippen LogP contribution is -2.34. The minimum Gasteiger partial charge on any atom is -0.399 e. The van der Waals surface area contributed by atoms with Crippen LogP contribution < -0.4 is 16.4 Å². The van der Waals surface area contributed by atoms with E-state index in [1.807, 2.05) is 0 Å². The van der Waals surface area contributed by atoms with E-state index in [1.165, 1.54) is 12.1 Å². The second-order valence-corrected chi connectivity index (χ2v) is 7.57. The lowest BCUT2D eigenvalue weighted by atomic mass is 10.1. The second-order valence-electron chi connectivity index (χ2n) is 4.93. The van der Waals surface area contributed by atoms with Crippen LogP contribution in [0.25, 0.3) is 0 Å². The minimum atomic E-state index is -3.03. The standard InChI is InChI=1S/C12H16ClN3O3S/c1-16(8-2-3-20(18,19)6-8)11-9(12(15)17)4-7(14)5-10(11)13/h4-5,8H,2-3,6,14H2,1H3,(H2,15,17). The molecule has 1 unspecified atom stereocenters. The van der Waals surface area contributed by atoms with Crippen molar-refractivity contribution < 1.29 is 13.2 Å². The van der Waals surface area contributed by atoms with E-state index in [-0.39, 0.29) is 28.1 Å². The summed E-state index contributed by atoms with van der Waals surface area (Å²) in [6.45, 7) is 0. The SMILES string of the molecule is CN(c1c(Cl)cc(N)cc1C(N)=O)C1CCS(=O)(=O)C1. The molecule has 1 atom stereocenters. The van der Waals surface area contributed by atoms with E-state index in [1.54, 1.807) is 11.9 Å². The fraction of sp³-hybridized carbons (Fsp3) is 0.417. The van der Waals surface area contributed by atoms with Crippen molar-refractivity contribution >= 4 is 38.7 Å². The molecule has 1 saturated heterocycles. The number of halogens is 1. The fourth-order valence-corrected chi connectivity index (χ4v) is 4.57. The van der Waals surface area contributed by atoms with E-state index >= 15 is 0 Å². The van der Waals surface area contributed by atoms with Crippen LogP contribution in [0.5, 0.6) is 0 Å². The maximum atomic E-state index is 11.6. The molecule has 1 aliphatic rings. The molecule has 0 spiro atoms. The number of sulfone groups is 1. The number of benzene rings is 1. The van der Waals surface area contributed by atoms with Gasteiger partial charge in [-0.3, -0.25) is 4.79 Å². The molecule has 1 aromatic rings. The zero-order valence-corrected chi connectivity index (χ0v) is 12.5. The van der Waals surface area contributed by atoms with Crippen molar-refractivity contribution in [2.75, 3.05) is 29.2 Å². The van der Waals surface area contributed by atoms with Crippen molar-refractivity contribution in [1.29, 1.82) is 0 Å². The summed E-state index contributed by atoms with van der Waals surface area (Å²) >= 11 is 6.14. The topological polar surface area (TPSA) is 106 Å². The first-order chi connectivity index (χ1) is 9.21. The van der Waals surface area contributed by atoms with Gasteiger partial charge in [0.1, 0.15) is 0 Å². The highest BCUT2D eigenvalue weighted by atomic mass is 35.5. The lowest BCUT2D eigenvalue weighted by molar-refractivity contribution is 0.100. The highest BCUT2D eigenvalue weighted by Crippen LogP contribution is 2.34. The Balaban J connectivity index is 2.44. The molecule has 1 heterocycles. The summed E-state index contributed by atoms with van der Waals surface area (Å²) in [7, 11) is -1.32. The van der Waals surface area contributed by atoms with Crippen molar-refractivity contribution in [3.63, 3.8) is 0 Å². The Hall–Kier alpha value is -1.47. The Bertz CT molecular complexity index is 660. The third-order valence-corrected chi connectivity index (χ3v) is 5.50. The largest absolute Gasteiger partial charge is 0.399 e. The van der Waals surface area contributed by atoms with E-state index in [0.717, 1.165) is 0 Å². The molecule has 1 aromatic carbocycles. The van der Waals surface area contributed by atoms with E-state index in [0.29, 0.717) is 17.8 Å². The van der Waals surface area contributed by atoms with Crippen LogP contribution >= 0.6 is 11.6 Å². The molecule has 20 heavy (non-hydrogen) atoms. The van der Waals surface area contributed by atoms with Gasteiger partial charge in [0.05, 0.1) is 27.8 Å². The highest BCUT2D eigenvalue weighted by Gasteiger charge is 2.32. The predicted molar refractivity (Wildman–Crippen MR) is 79.8 cm³/mol. The summed E-state index contributed by atoms with van der Waals surface area (Å²) in [5.74, 6) is -0.468. The van der Waals surface area contributed by atoms with Crippen LogP contribution in [-0.2, 0) is 9.84 Å². The van der Waals surface area contributed by atoms with Crippen LogP contribution in [0.15, 0.2) is 12.1 Å². The van der Waals surface area contributed by atoms with E-state index in [4.69, 9.17) is 23.1 Å². The Kier molecular flexibility index (Phi) is 3.84. The van der Waals surface area contributed by atoms with E-state index in [2.05, 4.69) is 0 Å². The number of hydrogen-bond acceptors (Lipinski definition) is 5. The Morgan fingerprint density at radius 3 is 2.60 bits per heavy atom. The lowest BCUT2D eigenvalue weighted by Gasteiger charge is -2.28. The van der Waals surface area contributed by atoms with Crippen molar-refractivity contribution in [1.82, 2.24) is 0 Å². The summed E-state index contributed by atoms with van der Waals surface area (Å²) in [4.78, 5) is 13.2. The minimum absolute atomic E-state index is 0.0441. The van der Waals surface area contributed by atoms with Crippen LogP contribution in [0.3, 0.4) is 0 Å². The van der Waals surface area contributed by atoms with Crippen molar-refractivity contribution in [3.8, 4) is 0 Å². The number of carbonyl (C=O) groups excluding carboxylic acids is 1. The molecule has 4 N–H and O–H groups in total. The molecule has 0 saturated carbocycles. The first-order valence-electron chi connectivity index (χ1n) is 6.03. The van der Waals surface area contributed by atoms with Gasteiger partial charge in [-0.25, -0.2) is 8.42 Å². The molecule has 0 aliphatic carbocycles. The van der Waals surface area contributed by atoms with Crippen molar-refractivity contribution in [2.24, 2.45) is 5.73 Å². The Labute approximate surface area is 122 Å². The quantitative estimate of drug-likeness (QED) is 0.796. The van der Waals surface area contributed by atoms with Gasteiger partial charge >= 0.3 is 0 Å². The van der Waals surface area contributed by atoms with Gasteiger partial charge in [-0.05, 0) is 18.6 Å². The summed E-state index contributed by atoms with van der Waals surface area (Å²) < 4.78 is 23.1. The van der Waals surface area contributed by atoms with Gasteiger partial charge in [-0.2, -0.15) is 0 Å². The first-order valence-corrected chi connectivity index (χ1v) is 8.23. The fourth-order valence-electron chi connectivity index (χ4n) is 2.43. The average Bonchev–Trinajstić information content (AvgIpc) is 2.68. The molecule has 0 radical (unpaired) electrons. The zero-order valence-electron chi connectivity index (χ0n) is 11.0. The first kappa shape index (κ1) is 14.9. The van der Waals surface area contributed by atoms with Gasteiger partial charge in [0.25, 0.3) is 5.91 Å². The Morgan fingerprint density at radius 2 is 2.10 bits per heavy atom. The summed E-state index contributed by atoms with van der Waals surface area (Å²) in [5, 5.41) is 0.283. The van der Waals surface area contributed by atoms with Gasteiger partial charge in [-0.15, -0.1) is 0 Å². The van der Waals surface area contributed by atoms with E-state index in [9.17, 15) is 13.2 Å². The number of nitrogens with two attached hydrogens (primary N) is 2. The van der Waals surface area contributed by atoms with Crippen LogP contribution in [0.1, 0.15) is 16.8 Å². The molecule has 2 rings (SSSR count). The molecule has 1 aliphatic heterocycles. The third-order valence-electron chi connectivity index (χ3n) is 3.46. The normalized spacial score (nSPS) is 20.8. The van der Waals surface area contributed by atoms with Gasteiger partial charge in [0.15, 0.2) is 9.84 Å². The van der Waals surface area contributed by atoms with Crippen molar-refractivity contribution in [2.45, 2.75) is 12.5 Å². The van der Waals surface area contributed by atoms with Crippen LogP contribution in [-0.4, -0.2) is 38.9 Å². The summed E-state index contributed by atoms with van der Waals surface area (Å²) in [5.41, 5.74) is 12.0. The van der Waals surface area contributed by atoms with Gasteiger partial charge in [0, 0.05) is 18.8 Å². The number of rotatable bonds is 3. The molecule has 1 amide bonds. The predicted octanol–water partition coefficient (Wildman–Crippen LogP) is 0.644. The molecular formula is C12H16ClN3O3S. The maximum absolute atomic E-state index is 11.6. The number of carbonyl (C=O) groups is 1. The molecular weight excluding hydrogens is 302 g/mol. The second kappa shape index (κ2) is 5.14. The van der Waals surface area contributed by atoms with Gasteiger partial charge in [-0.1, -0.05) is 11.6 Å². The van der Waals surface area contributed by atoms with Gasteiger partial charge in [0.2, 0.25) is 0 Å². The van der Waals surface area contributed by atoms with Crippen LogP contribution in [0, 0.1) is 0 Å². The number of hydrogen-bond donors (Lipinski definition) is 2. The number of amides is 1. The molecule has 0 bridgehead atoms. The molecule has 1 fully saturated rings. The molecule has 6 nitrogen and oxygen atoms in total. The highest BCUT2D eigenvalue weighted by molar-refractivity contribution is 7.91. The zero-order chi connectivity index (χ0) is 15.1. The summed E-state index contributed by atoms with van der Waals surface area (Å²) in [6.07, 6.45) is 0.498. The van der Waals surface area contributed by atoms with E-state index < -0.39 is 15.7 Å². The number of nitrogen functional groups attached to an aromatic ring is 1. The summed E-state index contributed by atoms with van der Waals surface area (Å²) in [6, 6.07) is 2.74. The molecule has 8 heteroatoms. The molecule has 110 valence electrons. The van der Waals surface area contributed by atoms with Gasteiger partial charge < -0.3 is 16.4 Å². The van der Waals surface area contributed by atoms with Crippen LogP contribution in [0.2, 0.25) is 5.02 Å².